The van der Waals surface area contributed by atoms with Crippen molar-refractivity contribution in [3.05, 3.63) is 40.8 Å². The molecular formula is C25H34N2O2S. The van der Waals surface area contributed by atoms with Gasteiger partial charge in [-0.25, -0.2) is 0 Å². The zero-order valence-corrected chi connectivity index (χ0v) is 18.8. The van der Waals surface area contributed by atoms with Crippen LogP contribution < -0.4 is 5.32 Å². The van der Waals surface area contributed by atoms with Gasteiger partial charge in [0, 0.05) is 30.3 Å². The highest BCUT2D eigenvalue weighted by atomic mass is 32.2. The van der Waals surface area contributed by atoms with E-state index < -0.39 is 0 Å². The van der Waals surface area contributed by atoms with Gasteiger partial charge in [-0.3, -0.25) is 9.59 Å². The second-order valence-corrected chi connectivity index (χ2v) is 10.4. The van der Waals surface area contributed by atoms with Gasteiger partial charge in [0.25, 0.3) is 5.91 Å². The van der Waals surface area contributed by atoms with Gasteiger partial charge in [0.15, 0.2) is 0 Å². The lowest BCUT2D eigenvalue weighted by Crippen LogP contribution is -2.53. The molecule has 3 fully saturated rings. The molecule has 0 bridgehead atoms. The second-order valence-electron chi connectivity index (χ2n) is 9.12. The minimum Gasteiger partial charge on any atom is -0.353 e. The summed E-state index contributed by atoms with van der Waals surface area (Å²) in [5, 5.41) is 3.74. The SMILES string of the molecule is CN1C(=O)/C(=C\c2ccccc2)SC2CCC(C(=O)NC3CCCCCCC3)CC21. The molecule has 1 aromatic carbocycles. The van der Waals surface area contributed by atoms with Gasteiger partial charge in [-0.05, 0) is 43.7 Å². The fourth-order valence-corrected chi connectivity index (χ4v) is 6.64. The molecule has 2 amide bonds. The molecule has 3 aliphatic rings. The molecule has 1 N–H and O–H groups in total. The van der Waals surface area contributed by atoms with Gasteiger partial charge in [0.2, 0.25) is 5.91 Å². The van der Waals surface area contributed by atoms with E-state index in [0.717, 1.165) is 42.6 Å². The van der Waals surface area contributed by atoms with Crippen molar-refractivity contribution < 1.29 is 9.59 Å². The number of amides is 2. The third-order valence-corrected chi connectivity index (χ3v) is 8.38. The van der Waals surface area contributed by atoms with Gasteiger partial charge < -0.3 is 10.2 Å². The summed E-state index contributed by atoms with van der Waals surface area (Å²) < 4.78 is 0. The van der Waals surface area contributed by atoms with Crippen LogP contribution in [0.2, 0.25) is 0 Å². The number of fused-ring (bicyclic) bond motifs is 1. The maximum Gasteiger partial charge on any atom is 0.260 e. The Bertz CT molecular complexity index is 771. The first-order valence-electron chi connectivity index (χ1n) is 11.6. The molecule has 4 rings (SSSR count). The Balaban J connectivity index is 1.38. The number of hydrogen-bond acceptors (Lipinski definition) is 3. The second kappa shape index (κ2) is 10.0. The molecule has 2 aliphatic carbocycles. The maximum absolute atomic E-state index is 13.0. The lowest BCUT2D eigenvalue weighted by molar-refractivity contribution is -0.132. The molecular weight excluding hydrogens is 392 g/mol. The number of benzene rings is 1. The number of nitrogens with one attached hydrogen (secondary N) is 1. The fraction of sp³-hybridized carbons (Fsp3) is 0.600. The molecule has 1 saturated heterocycles. The Morgan fingerprint density at radius 2 is 1.73 bits per heavy atom. The molecule has 1 heterocycles. The molecule has 3 unspecified atom stereocenters. The van der Waals surface area contributed by atoms with E-state index in [0.29, 0.717) is 11.3 Å². The van der Waals surface area contributed by atoms with E-state index in [1.165, 1.54) is 32.1 Å². The lowest BCUT2D eigenvalue weighted by atomic mass is 9.83. The predicted octanol–water partition coefficient (Wildman–Crippen LogP) is 5.00. The third-order valence-electron chi connectivity index (χ3n) is 6.98. The van der Waals surface area contributed by atoms with Crippen molar-refractivity contribution in [2.24, 2.45) is 5.92 Å². The van der Waals surface area contributed by atoms with Crippen molar-refractivity contribution in [3.8, 4) is 0 Å². The topological polar surface area (TPSA) is 49.4 Å². The number of carbonyl (C=O) groups excluding carboxylic acids is 2. The van der Waals surface area contributed by atoms with Crippen LogP contribution in [-0.2, 0) is 9.59 Å². The van der Waals surface area contributed by atoms with Crippen molar-refractivity contribution >= 4 is 29.7 Å². The lowest BCUT2D eigenvalue weighted by Gasteiger charge is -2.44. The van der Waals surface area contributed by atoms with Crippen molar-refractivity contribution in [1.82, 2.24) is 10.2 Å². The highest BCUT2D eigenvalue weighted by molar-refractivity contribution is 8.04. The summed E-state index contributed by atoms with van der Waals surface area (Å²) in [5.74, 6) is 0.342. The smallest absolute Gasteiger partial charge is 0.260 e. The van der Waals surface area contributed by atoms with E-state index in [1.54, 1.807) is 11.8 Å². The molecule has 162 valence electrons. The zero-order chi connectivity index (χ0) is 20.9. The highest BCUT2D eigenvalue weighted by Gasteiger charge is 2.43. The Morgan fingerprint density at radius 1 is 1.03 bits per heavy atom. The van der Waals surface area contributed by atoms with Crippen LogP contribution in [-0.4, -0.2) is 41.1 Å². The average Bonchev–Trinajstić information content (AvgIpc) is 2.74. The van der Waals surface area contributed by atoms with Crippen molar-refractivity contribution in [2.45, 2.75) is 81.5 Å². The Labute approximate surface area is 184 Å². The van der Waals surface area contributed by atoms with Crippen LogP contribution in [0, 0.1) is 5.92 Å². The van der Waals surface area contributed by atoms with Crippen LogP contribution >= 0.6 is 11.8 Å². The first-order chi connectivity index (χ1) is 14.6. The highest BCUT2D eigenvalue weighted by Crippen LogP contribution is 2.43. The Kier molecular flexibility index (Phi) is 7.19. The van der Waals surface area contributed by atoms with Gasteiger partial charge in [-0.2, -0.15) is 0 Å². The van der Waals surface area contributed by atoms with Crippen molar-refractivity contribution in [3.63, 3.8) is 0 Å². The monoisotopic (exact) mass is 426 g/mol. The first kappa shape index (κ1) is 21.5. The molecule has 30 heavy (non-hydrogen) atoms. The normalized spacial score (nSPS) is 29.8. The molecule has 2 saturated carbocycles. The number of carbonyl (C=O) groups is 2. The van der Waals surface area contributed by atoms with Gasteiger partial charge in [-0.15, -0.1) is 11.8 Å². The molecule has 1 aromatic rings. The van der Waals surface area contributed by atoms with Crippen LogP contribution in [0.3, 0.4) is 0 Å². The zero-order valence-electron chi connectivity index (χ0n) is 18.0. The number of nitrogens with zero attached hydrogens (tertiary/aromatic N) is 1. The van der Waals surface area contributed by atoms with E-state index in [2.05, 4.69) is 5.32 Å². The Morgan fingerprint density at radius 3 is 2.47 bits per heavy atom. The van der Waals surface area contributed by atoms with Crippen LogP contribution in [0.25, 0.3) is 6.08 Å². The third kappa shape index (κ3) is 5.11. The molecule has 3 atom stereocenters. The summed E-state index contributed by atoms with van der Waals surface area (Å²) in [6.45, 7) is 0. The van der Waals surface area contributed by atoms with E-state index >= 15 is 0 Å². The number of thioether (sulfide) groups is 1. The standard InChI is InChI=1S/C25H34N2O2S/c1-27-21-17-19(24(28)26-20-12-8-3-2-4-9-13-20)14-15-22(21)30-23(25(27)29)16-18-10-6-5-7-11-18/h5-7,10-11,16,19-22H,2-4,8-9,12-15,17H2,1H3,(H,26,28)/b23-16+. The summed E-state index contributed by atoms with van der Waals surface area (Å²) in [5.41, 5.74) is 1.06. The van der Waals surface area contributed by atoms with E-state index in [4.69, 9.17) is 0 Å². The number of hydrogen-bond donors (Lipinski definition) is 1. The molecule has 0 aromatic heterocycles. The minimum atomic E-state index is 0.0344. The summed E-state index contributed by atoms with van der Waals surface area (Å²) in [6.07, 6.45) is 13.3. The van der Waals surface area contributed by atoms with E-state index in [-0.39, 0.29) is 23.8 Å². The molecule has 5 heteroatoms. The summed E-state index contributed by atoms with van der Waals surface area (Å²) in [6, 6.07) is 10.5. The minimum absolute atomic E-state index is 0.0344. The Hall–Kier alpha value is -1.75. The van der Waals surface area contributed by atoms with Crippen molar-refractivity contribution in [1.29, 1.82) is 0 Å². The summed E-state index contributed by atoms with van der Waals surface area (Å²) >= 11 is 1.71. The van der Waals surface area contributed by atoms with E-state index in [9.17, 15) is 9.59 Å². The van der Waals surface area contributed by atoms with Crippen LogP contribution in [0.1, 0.15) is 69.8 Å². The van der Waals surface area contributed by atoms with Crippen LogP contribution in [0.4, 0.5) is 0 Å². The van der Waals surface area contributed by atoms with Gasteiger partial charge in [-0.1, -0.05) is 62.4 Å². The van der Waals surface area contributed by atoms with Gasteiger partial charge >= 0.3 is 0 Å². The molecule has 4 nitrogen and oxygen atoms in total. The average molecular weight is 427 g/mol. The number of rotatable bonds is 3. The maximum atomic E-state index is 13.0. The van der Waals surface area contributed by atoms with Crippen LogP contribution in [0.15, 0.2) is 35.2 Å². The van der Waals surface area contributed by atoms with Crippen LogP contribution in [0.5, 0.6) is 0 Å². The fourth-order valence-electron chi connectivity index (χ4n) is 5.16. The van der Waals surface area contributed by atoms with Crippen molar-refractivity contribution in [2.75, 3.05) is 7.05 Å². The first-order valence-corrected chi connectivity index (χ1v) is 12.5. The quantitative estimate of drug-likeness (QED) is 0.692. The summed E-state index contributed by atoms with van der Waals surface area (Å²) in [7, 11) is 1.91. The summed E-state index contributed by atoms with van der Waals surface area (Å²) in [4.78, 5) is 28.7. The van der Waals surface area contributed by atoms with Gasteiger partial charge in [0.05, 0.1) is 4.91 Å². The predicted molar refractivity (Wildman–Crippen MR) is 124 cm³/mol. The number of likely N-dealkylation sites (N-methyl/N-ethyl adjacent to an activating group) is 1. The molecule has 0 spiro atoms. The molecule has 0 radical (unpaired) electrons. The largest absolute Gasteiger partial charge is 0.353 e. The van der Waals surface area contributed by atoms with E-state index in [1.807, 2.05) is 48.4 Å². The molecule has 1 aliphatic heterocycles. The van der Waals surface area contributed by atoms with Gasteiger partial charge in [0.1, 0.15) is 0 Å².